The predicted octanol–water partition coefficient (Wildman–Crippen LogP) is 6.46. The maximum absolute atomic E-state index is 13.7. The van der Waals surface area contributed by atoms with Crippen molar-refractivity contribution < 1.29 is 19.1 Å². The largest absolute Gasteiger partial charge is 0.423 e. The summed E-state index contributed by atoms with van der Waals surface area (Å²) in [6.45, 7) is 0. The molecule has 0 spiro atoms. The van der Waals surface area contributed by atoms with Crippen LogP contribution in [0.4, 0.5) is 0 Å². The van der Waals surface area contributed by atoms with Crippen molar-refractivity contribution in [1.82, 2.24) is 0 Å². The van der Waals surface area contributed by atoms with Crippen molar-refractivity contribution in [2.24, 2.45) is 0 Å². The van der Waals surface area contributed by atoms with Gasteiger partial charge in [-0.1, -0.05) is 97.1 Å². The zero-order valence-electron chi connectivity index (χ0n) is 26.2. The van der Waals surface area contributed by atoms with Crippen LogP contribution in [0.25, 0.3) is 58.1 Å². The SMILES string of the molecule is O=C(OC1=CCC=c2c1ccc1c2=CCc2ccccc2-1)c1ccccc1C(=O)OC1=CCC=c2c1ccc1c2=CCc2ccccc2-1. The van der Waals surface area contributed by atoms with E-state index in [1.54, 1.807) is 24.3 Å². The Hall–Kier alpha value is -6.00. The summed E-state index contributed by atoms with van der Waals surface area (Å²) in [5.41, 5.74) is 9.53. The normalized spacial score (nSPS) is 14.6. The fraction of sp³-hybridized carbons (Fsp3) is 0.0909. The summed E-state index contributed by atoms with van der Waals surface area (Å²) in [5.74, 6) is -0.194. The van der Waals surface area contributed by atoms with E-state index >= 15 is 0 Å². The van der Waals surface area contributed by atoms with E-state index in [1.165, 1.54) is 33.4 Å². The van der Waals surface area contributed by atoms with Crippen molar-refractivity contribution in [3.63, 3.8) is 0 Å². The Bertz CT molecular complexity index is 2370. The third-order valence-corrected chi connectivity index (χ3v) is 9.80. The average molecular weight is 623 g/mol. The highest BCUT2D eigenvalue weighted by molar-refractivity contribution is 6.05. The van der Waals surface area contributed by atoms with Crippen molar-refractivity contribution >= 4 is 47.8 Å². The molecule has 4 nitrogen and oxygen atoms in total. The Labute approximate surface area is 277 Å². The molecule has 0 saturated carbocycles. The first-order valence-electron chi connectivity index (χ1n) is 16.4. The number of ether oxygens (including phenoxy) is 2. The maximum Gasteiger partial charge on any atom is 0.344 e. The summed E-state index contributed by atoms with van der Waals surface area (Å²) in [7, 11) is 0. The molecular formula is C44H30O4. The topological polar surface area (TPSA) is 52.6 Å². The van der Waals surface area contributed by atoms with Gasteiger partial charge in [0.25, 0.3) is 0 Å². The minimum atomic E-state index is -0.595. The van der Waals surface area contributed by atoms with Crippen LogP contribution in [-0.4, -0.2) is 11.9 Å². The van der Waals surface area contributed by atoms with Crippen molar-refractivity contribution in [1.29, 1.82) is 0 Å². The first-order chi connectivity index (χ1) is 23.6. The van der Waals surface area contributed by atoms with E-state index in [2.05, 4.69) is 85.0 Å². The maximum atomic E-state index is 13.7. The Morgan fingerprint density at radius 1 is 0.396 bits per heavy atom. The molecule has 0 atom stereocenters. The van der Waals surface area contributed by atoms with Crippen molar-refractivity contribution in [3.05, 3.63) is 163 Å². The molecule has 9 rings (SSSR count). The zero-order chi connectivity index (χ0) is 32.2. The predicted molar refractivity (Wildman–Crippen MR) is 190 cm³/mol. The Morgan fingerprint density at radius 3 is 1.27 bits per heavy atom. The lowest BCUT2D eigenvalue weighted by Crippen LogP contribution is -2.34. The van der Waals surface area contributed by atoms with E-state index in [1.807, 2.05) is 24.3 Å². The quantitative estimate of drug-likeness (QED) is 0.216. The second-order valence-corrected chi connectivity index (χ2v) is 12.4. The van der Waals surface area contributed by atoms with Crippen LogP contribution in [0.15, 0.2) is 109 Å². The third-order valence-electron chi connectivity index (χ3n) is 9.80. The lowest BCUT2D eigenvalue weighted by atomic mass is 9.88. The summed E-state index contributed by atoms with van der Waals surface area (Å²) >= 11 is 0. The van der Waals surface area contributed by atoms with E-state index in [9.17, 15) is 9.59 Å². The second-order valence-electron chi connectivity index (χ2n) is 12.4. The monoisotopic (exact) mass is 622 g/mol. The van der Waals surface area contributed by atoms with Gasteiger partial charge in [-0.05, 0) is 116 Å². The van der Waals surface area contributed by atoms with Gasteiger partial charge in [0, 0.05) is 11.1 Å². The number of benzene rings is 5. The lowest BCUT2D eigenvalue weighted by Gasteiger charge is -2.20. The van der Waals surface area contributed by atoms with E-state index in [0.717, 1.165) is 44.8 Å². The van der Waals surface area contributed by atoms with Gasteiger partial charge in [0.15, 0.2) is 0 Å². The first-order valence-corrected chi connectivity index (χ1v) is 16.4. The molecule has 0 unspecified atom stereocenters. The number of hydrogen-bond donors (Lipinski definition) is 0. The molecule has 0 saturated heterocycles. The summed E-state index contributed by atoms with van der Waals surface area (Å²) in [4.78, 5) is 27.5. The van der Waals surface area contributed by atoms with Gasteiger partial charge < -0.3 is 9.47 Å². The number of allylic oxidation sites excluding steroid dienone is 2. The summed E-state index contributed by atoms with van der Waals surface area (Å²) in [6.07, 6.45) is 15.7. The van der Waals surface area contributed by atoms with Crippen LogP contribution in [0.1, 0.15) is 55.8 Å². The van der Waals surface area contributed by atoms with Crippen LogP contribution in [0.2, 0.25) is 0 Å². The number of rotatable bonds is 4. The highest BCUT2D eigenvalue weighted by Gasteiger charge is 2.25. The van der Waals surface area contributed by atoms with E-state index < -0.39 is 11.9 Å². The molecule has 0 aliphatic heterocycles. The summed E-state index contributed by atoms with van der Waals surface area (Å²) in [5, 5.41) is 4.47. The van der Waals surface area contributed by atoms with Gasteiger partial charge in [-0.3, -0.25) is 0 Å². The third kappa shape index (κ3) is 4.60. The molecule has 4 aliphatic rings. The standard InChI is InChI=1S/C44H30O4/c45-43(47-41-17-7-15-31-35-21-19-27-9-1-3-11-29(27)33(35)23-25-37(31)41)39-13-5-6-14-40(39)44(46)48-42-18-8-16-32-36-22-20-28-10-2-4-12-30(28)34(36)24-26-38(32)42/h1-6,9-18,21-26H,7-8,19-20H2. The first kappa shape index (κ1) is 28.2. The Balaban J connectivity index is 0.990. The van der Waals surface area contributed by atoms with Gasteiger partial charge in [0.05, 0.1) is 11.1 Å². The second kappa shape index (κ2) is 11.4. The molecule has 0 bridgehead atoms. The zero-order valence-corrected chi connectivity index (χ0v) is 26.2. The molecule has 230 valence electrons. The van der Waals surface area contributed by atoms with Gasteiger partial charge in [-0.15, -0.1) is 0 Å². The highest BCUT2D eigenvalue weighted by Crippen LogP contribution is 2.29. The van der Waals surface area contributed by atoms with Crippen LogP contribution in [0.5, 0.6) is 0 Å². The average Bonchev–Trinajstić information content (AvgIpc) is 3.14. The number of esters is 2. The smallest absolute Gasteiger partial charge is 0.344 e. The van der Waals surface area contributed by atoms with Gasteiger partial charge in [0.2, 0.25) is 0 Å². The minimum Gasteiger partial charge on any atom is -0.423 e. The molecule has 4 aliphatic carbocycles. The van der Waals surface area contributed by atoms with Crippen LogP contribution >= 0.6 is 0 Å². The molecule has 0 fully saturated rings. The van der Waals surface area contributed by atoms with Crippen LogP contribution in [0.3, 0.4) is 0 Å². The molecule has 0 amide bonds. The van der Waals surface area contributed by atoms with Crippen molar-refractivity contribution in [2.75, 3.05) is 0 Å². The van der Waals surface area contributed by atoms with Crippen molar-refractivity contribution in [2.45, 2.75) is 25.7 Å². The molecule has 5 aromatic rings. The molecular weight excluding hydrogens is 592 g/mol. The number of fused-ring (bicyclic) bond motifs is 10. The molecule has 0 radical (unpaired) electrons. The molecule has 5 aromatic carbocycles. The fourth-order valence-corrected chi connectivity index (χ4v) is 7.53. The Kier molecular flexibility index (Phi) is 6.68. The van der Waals surface area contributed by atoms with E-state index in [0.29, 0.717) is 24.4 Å². The summed E-state index contributed by atoms with van der Waals surface area (Å²) < 4.78 is 12.1. The molecule has 48 heavy (non-hydrogen) atoms. The number of hydrogen-bond acceptors (Lipinski definition) is 4. The van der Waals surface area contributed by atoms with E-state index in [-0.39, 0.29) is 11.1 Å². The molecule has 0 N–H and O–H groups in total. The number of carbonyl (C=O) groups excluding carboxylic acids is 2. The van der Waals surface area contributed by atoms with Crippen LogP contribution in [0, 0.1) is 0 Å². The highest BCUT2D eigenvalue weighted by atomic mass is 16.5. The fourth-order valence-electron chi connectivity index (χ4n) is 7.53. The molecule has 4 heteroatoms. The van der Waals surface area contributed by atoms with Gasteiger partial charge in [-0.25, -0.2) is 9.59 Å². The molecule has 0 heterocycles. The van der Waals surface area contributed by atoms with Crippen LogP contribution in [-0.2, 0) is 22.3 Å². The Morgan fingerprint density at radius 2 is 0.792 bits per heavy atom. The van der Waals surface area contributed by atoms with E-state index in [4.69, 9.17) is 9.47 Å². The lowest BCUT2D eigenvalue weighted by molar-refractivity contribution is 0.0647. The van der Waals surface area contributed by atoms with Gasteiger partial charge in [0.1, 0.15) is 11.5 Å². The number of carbonyl (C=O) groups is 2. The minimum absolute atomic E-state index is 0.163. The van der Waals surface area contributed by atoms with Gasteiger partial charge in [-0.2, -0.15) is 0 Å². The summed E-state index contributed by atoms with van der Waals surface area (Å²) in [6, 6.07) is 31.9. The van der Waals surface area contributed by atoms with Gasteiger partial charge >= 0.3 is 11.9 Å². The molecule has 0 aromatic heterocycles. The van der Waals surface area contributed by atoms with Crippen LogP contribution < -0.4 is 20.9 Å². The van der Waals surface area contributed by atoms with Crippen molar-refractivity contribution in [3.8, 4) is 22.3 Å².